The molecule has 2 aromatic carbocycles. The zero-order valence-corrected chi connectivity index (χ0v) is 18.8. The van der Waals surface area contributed by atoms with E-state index in [0.717, 1.165) is 29.2 Å². The highest BCUT2D eigenvalue weighted by Crippen LogP contribution is 2.26. The molecule has 1 heterocycles. The Balaban J connectivity index is 1.57. The van der Waals surface area contributed by atoms with E-state index in [0.29, 0.717) is 10.1 Å². The van der Waals surface area contributed by atoms with Gasteiger partial charge in [-0.1, -0.05) is 30.7 Å². The molecule has 0 spiro atoms. The summed E-state index contributed by atoms with van der Waals surface area (Å²) in [6.07, 6.45) is 2.62. The van der Waals surface area contributed by atoms with Crippen molar-refractivity contribution in [2.75, 3.05) is 23.3 Å². The molecule has 2 N–H and O–H groups in total. The largest absolute Gasteiger partial charge is 0.371 e. The van der Waals surface area contributed by atoms with Gasteiger partial charge in [0, 0.05) is 28.9 Å². The van der Waals surface area contributed by atoms with E-state index in [1.807, 2.05) is 18.2 Å². The van der Waals surface area contributed by atoms with Crippen molar-refractivity contribution in [1.29, 1.82) is 0 Å². The summed E-state index contributed by atoms with van der Waals surface area (Å²) in [7, 11) is 0. The first-order chi connectivity index (χ1) is 12.9. The van der Waals surface area contributed by atoms with Gasteiger partial charge >= 0.3 is 0 Å². The zero-order valence-electron chi connectivity index (χ0n) is 15.6. The number of anilines is 2. The third kappa shape index (κ3) is 5.59. The molecule has 0 aliphatic carbocycles. The van der Waals surface area contributed by atoms with Crippen molar-refractivity contribution < 1.29 is 0 Å². The van der Waals surface area contributed by atoms with Crippen LogP contribution in [0.3, 0.4) is 0 Å². The second-order valence-corrected chi connectivity index (χ2v) is 8.90. The Bertz CT molecular complexity index is 797. The van der Waals surface area contributed by atoms with Crippen LogP contribution in [0.1, 0.15) is 38.3 Å². The third-order valence-electron chi connectivity index (χ3n) is 4.94. The Morgan fingerprint density at radius 2 is 2.00 bits per heavy atom. The zero-order chi connectivity index (χ0) is 19.4. The van der Waals surface area contributed by atoms with Crippen molar-refractivity contribution in [3.05, 3.63) is 57.5 Å². The quantitative estimate of drug-likeness (QED) is 0.511. The standard InChI is InChI=1S/C21H25BrClN3S/c1-14-4-3-11-26(13-14)18-8-5-16(6-9-18)15(2)24-21(27)25-17-7-10-19(22)20(23)12-17/h5-10,12,14-15H,3-4,11,13H2,1-2H3,(H2,24,25,27). The molecule has 3 nitrogen and oxygen atoms in total. The summed E-state index contributed by atoms with van der Waals surface area (Å²) in [4.78, 5) is 2.49. The first-order valence-electron chi connectivity index (χ1n) is 9.30. The van der Waals surface area contributed by atoms with Gasteiger partial charge in [-0.05, 0) is 89.7 Å². The summed E-state index contributed by atoms with van der Waals surface area (Å²) in [5.74, 6) is 0.773. The van der Waals surface area contributed by atoms with Gasteiger partial charge in [-0.3, -0.25) is 0 Å². The smallest absolute Gasteiger partial charge is 0.171 e. The van der Waals surface area contributed by atoms with E-state index in [4.69, 9.17) is 23.8 Å². The van der Waals surface area contributed by atoms with Crippen LogP contribution in [0, 0.1) is 5.92 Å². The van der Waals surface area contributed by atoms with Gasteiger partial charge in [-0.2, -0.15) is 0 Å². The Kier molecular flexibility index (Phi) is 7.01. The molecule has 0 amide bonds. The molecule has 0 aromatic heterocycles. The van der Waals surface area contributed by atoms with Crippen LogP contribution in [0.15, 0.2) is 46.9 Å². The molecular weight excluding hydrogens is 442 g/mol. The predicted octanol–water partition coefficient (Wildman–Crippen LogP) is 6.39. The molecule has 1 aliphatic rings. The van der Waals surface area contributed by atoms with Gasteiger partial charge in [0.2, 0.25) is 0 Å². The van der Waals surface area contributed by atoms with Gasteiger partial charge in [0.15, 0.2) is 5.11 Å². The molecule has 2 atom stereocenters. The van der Waals surface area contributed by atoms with E-state index in [1.165, 1.54) is 24.1 Å². The van der Waals surface area contributed by atoms with Crippen molar-refractivity contribution >= 4 is 56.2 Å². The molecule has 27 heavy (non-hydrogen) atoms. The molecule has 3 rings (SSSR count). The van der Waals surface area contributed by atoms with Crippen LogP contribution in [0.25, 0.3) is 0 Å². The van der Waals surface area contributed by atoms with Crippen LogP contribution in [-0.4, -0.2) is 18.2 Å². The van der Waals surface area contributed by atoms with Crippen molar-refractivity contribution in [2.45, 2.75) is 32.7 Å². The van der Waals surface area contributed by atoms with Crippen LogP contribution < -0.4 is 15.5 Å². The number of halogens is 2. The fourth-order valence-corrected chi connectivity index (χ4v) is 4.14. The molecule has 6 heteroatoms. The van der Waals surface area contributed by atoms with E-state index >= 15 is 0 Å². The number of hydrogen-bond donors (Lipinski definition) is 2. The van der Waals surface area contributed by atoms with Crippen molar-refractivity contribution in [2.24, 2.45) is 5.92 Å². The molecule has 0 radical (unpaired) electrons. The fraction of sp³-hybridized carbons (Fsp3) is 0.381. The third-order valence-corrected chi connectivity index (χ3v) is 6.39. The second-order valence-electron chi connectivity index (χ2n) is 7.23. The van der Waals surface area contributed by atoms with Crippen LogP contribution in [0.4, 0.5) is 11.4 Å². The van der Waals surface area contributed by atoms with Crippen molar-refractivity contribution in [3.63, 3.8) is 0 Å². The Morgan fingerprint density at radius 1 is 1.26 bits per heavy atom. The van der Waals surface area contributed by atoms with E-state index in [-0.39, 0.29) is 6.04 Å². The summed E-state index contributed by atoms with van der Waals surface area (Å²) < 4.78 is 0.866. The highest BCUT2D eigenvalue weighted by Gasteiger charge is 2.17. The summed E-state index contributed by atoms with van der Waals surface area (Å²) in [6.45, 7) is 6.75. The number of rotatable bonds is 4. The van der Waals surface area contributed by atoms with Crippen molar-refractivity contribution in [3.8, 4) is 0 Å². The number of thiocarbonyl (C=S) groups is 1. The van der Waals surface area contributed by atoms with E-state index < -0.39 is 0 Å². The van der Waals surface area contributed by atoms with Gasteiger partial charge in [0.25, 0.3) is 0 Å². The number of nitrogens with zero attached hydrogens (tertiary/aromatic N) is 1. The van der Waals surface area contributed by atoms with Crippen molar-refractivity contribution in [1.82, 2.24) is 5.32 Å². The molecular formula is C21H25BrClN3S. The van der Waals surface area contributed by atoms with E-state index in [2.05, 4.69) is 69.6 Å². The summed E-state index contributed by atoms with van der Waals surface area (Å²) in [5, 5.41) is 7.75. The maximum absolute atomic E-state index is 6.13. The lowest BCUT2D eigenvalue weighted by Gasteiger charge is -2.33. The topological polar surface area (TPSA) is 27.3 Å². The predicted molar refractivity (Wildman–Crippen MR) is 124 cm³/mol. The lowest BCUT2D eigenvalue weighted by Crippen LogP contribution is -2.34. The van der Waals surface area contributed by atoms with Crippen LogP contribution in [0.5, 0.6) is 0 Å². The van der Waals surface area contributed by atoms with Gasteiger partial charge in [-0.25, -0.2) is 0 Å². The summed E-state index contributed by atoms with van der Waals surface area (Å²) in [6, 6.07) is 14.6. The monoisotopic (exact) mass is 465 g/mol. The second kappa shape index (κ2) is 9.26. The Labute approximate surface area is 180 Å². The van der Waals surface area contributed by atoms with Gasteiger partial charge < -0.3 is 15.5 Å². The first-order valence-corrected chi connectivity index (χ1v) is 10.9. The van der Waals surface area contributed by atoms with Crippen LogP contribution in [0.2, 0.25) is 5.02 Å². The summed E-state index contributed by atoms with van der Waals surface area (Å²) >= 11 is 15.0. The normalized spacial score (nSPS) is 18.1. The lowest BCUT2D eigenvalue weighted by atomic mass is 9.99. The van der Waals surface area contributed by atoms with Gasteiger partial charge in [-0.15, -0.1) is 0 Å². The number of benzene rings is 2. The van der Waals surface area contributed by atoms with E-state index in [9.17, 15) is 0 Å². The average molecular weight is 467 g/mol. The first kappa shape index (κ1) is 20.4. The Morgan fingerprint density at radius 3 is 2.67 bits per heavy atom. The van der Waals surface area contributed by atoms with Gasteiger partial charge in [0.05, 0.1) is 11.1 Å². The maximum atomic E-state index is 6.13. The molecule has 0 bridgehead atoms. The fourth-order valence-electron chi connectivity index (χ4n) is 3.42. The molecule has 1 aliphatic heterocycles. The number of piperidine rings is 1. The van der Waals surface area contributed by atoms with Gasteiger partial charge in [0.1, 0.15) is 0 Å². The minimum Gasteiger partial charge on any atom is -0.371 e. The molecule has 0 saturated carbocycles. The average Bonchev–Trinajstić information content (AvgIpc) is 2.65. The molecule has 2 aromatic rings. The van der Waals surface area contributed by atoms with E-state index in [1.54, 1.807) is 0 Å². The minimum absolute atomic E-state index is 0.116. The number of hydrogen-bond acceptors (Lipinski definition) is 2. The maximum Gasteiger partial charge on any atom is 0.171 e. The minimum atomic E-state index is 0.116. The summed E-state index contributed by atoms with van der Waals surface area (Å²) in [5.41, 5.74) is 3.38. The molecule has 2 unspecified atom stereocenters. The molecule has 1 saturated heterocycles. The highest BCUT2D eigenvalue weighted by molar-refractivity contribution is 9.10. The Hall–Kier alpha value is -1.30. The number of nitrogens with one attached hydrogen (secondary N) is 2. The van der Waals surface area contributed by atoms with Crippen LogP contribution >= 0.6 is 39.7 Å². The molecule has 1 fully saturated rings. The van der Waals surface area contributed by atoms with Crippen LogP contribution in [-0.2, 0) is 0 Å². The highest BCUT2D eigenvalue weighted by atomic mass is 79.9. The SMILES string of the molecule is CC1CCCN(c2ccc(C(C)NC(=S)Nc3ccc(Br)c(Cl)c3)cc2)C1. The molecule has 144 valence electrons. The lowest BCUT2D eigenvalue weighted by molar-refractivity contribution is 0.447.